The zero-order chi connectivity index (χ0) is 20.9. The summed E-state index contributed by atoms with van der Waals surface area (Å²) in [6.45, 7) is 5.32. The van der Waals surface area contributed by atoms with Gasteiger partial charge in [0.15, 0.2) is 11.6 Å². The van der Waals surface area contributed by atoms with Crippen LogP contribution < -0.4 is 26.4 Å². The van der Waals surface area contributed by atoms with Gasteiger partial charge in [0, 0.05) is 37.4 Å². The molecule has 1 aromatic heterocycles. The van der Waals surface area contributed by atoms with Crippen molar-refractivity contribution in [1.82, 2.24) is 15.4 Å². The van der Waals surface area contributed by atoms with Crippen LogP contribution in [0.25, 0.3) is 0 Å². The van der Waals surface area contributed by atoms with Gasteiger partial charge < -0.3 is 15.5 Å². The first-order valence-corrected chi connectivity index (χ1v) is 9.90. The fourth-order valence-corrected chi connectivity index (χ4v) is 3.45. The van der Waals surface area contributed by atoms with Gasteiger partial charge in [-0.2, -0.15) is 0 Å². The molecular formula is C22H25N7O. The van der Waals surface area contributed by atoms with Gasteiger partial charge in [-0.05, 0) is 31.2 Å². The second-order valence-electron chi connectivity index (χ2n) is 7.21. The number of rotatable bonds is 5. The van der Waals surface area contributed by atoms with Crippen LogP contribution in [0.1, 0.15) is 15.9 Å². The molecule has 154 valence electrons. The highest BCUT2D eigenvalue weighted by atomic mass is 16.2. The van der Waals surface area contributed by atoms with Crippen LogP contribution in [-0.4, -0.2) is 42.1 Å². The molecule has 4 rings (SSSR count). The SMILES string of the molecule is Cc1ccc(C(=O)NNc2ncnc(N3CCN(c4ccccc4)CC3)c2N)cc1. The molecule has 1 aliphatic rings. The van der Waals surface area contributed by atoms with E-state index in [-0.39, 0.29) is 5.91 Å². The van der Waals surface area contributed by atoms with E-state index in [1.54, 1.807) is 12.1 Å². The minimum Gasteiger partial charge on any atom is -0.393 e. The predicted molar refractivity (Wildman–Crippen MR) is 120 cm³/mol. The zero-order valence-corrected chi connectivity index (χ0v) is 16.9. The molecule has 0 unspecified atom stereocenters. The van der Waals surface area contributed by atoms with E-state index in [9.17, 15) is 4.79 Å². The highest BCUT2D eigenvalue weighted by molar-refractivity contribution is 5.95. The number of anilines is 4. The van der Waals surface area contributed by atoms with Crippen LogP contribution >= 0.6 is 0 Å². The van der Waals surface area contributed by atoms with Gasteiger partial charge in [0.1, 0.15) is 12.0 Å². The quantitative estimate of drug-likeness (QED) is 0.563. The van der Waals surface area contributed by atoms with Crippen LogP contribution in [0.2, 0.25) is 0 Å². The van der Waals surface area contributed by atoms with Crippen molar-refractivity contribution in [1.29, 1.82) is 0 Å². The Kier molecular flexibility index (Phi) is 5.65. The molecule has 0 bridgehead atoms. The summed E-state index contributed by atoms with van der Waals surface area (Å²) in [4.78, 5) is 25.4. The van der Waals surface area contributed by atoms with E-state index >= 15 is 0 Å². The average Bonchev–Trinajstić information content (AvgIpc) is 2.79. The van der Waals surface area contributed by atoms with Crippen LogP contribution in [-0.2, 0) is 0 Å². The van der Waals surface area contributed by atoms with Crippen molar-refractivity contribution in [3.05, 3.63) is 72.1 Å². The van der Waals surface area contributed by atoms with E-state index in [0.29, 0.717) is 22.9 Å². The number of amides is 1. The largest absolute Gasteiger partial charge is 0.393 e. The molecule has 30 heavy (non-hydrogen) atoms. The maximum Gasteiger partial charge on any atom is 0.269 e. The first kappa shape index (κ1) is 19.5. The Morgan fingerprint density at radius 1 is 0.933 bits per heavy atom. The Morgan fingerprint density at radius 2 is 1.60 bits per heavy atom. The maximum absolute atomic E-state index is 12.3. The van der Waals surface area contributed by atoms with Gasteiger partial charge in [-0.15, -0.1) is 0 Å². The highest BCUT2D eigenvalue weighted by Gasteiger charge is 2.21. The summed E-state index contributed by atoms with van der Waals surface area (Å²) in [5.41, 5.74) is 15.1. The minimum absolute atomic E-state index is 0.258. The molecule has 0 saturated carbocycles. The number of carbonyl (C=O) groups excluding carboxylic acids is 1. The number of hydrazine groups is 1. The predicted octanol–water partition coefficient (Wildman–Crippen LogP) is 2.45. The number of hydrogen-bond acceptors (Lipinski definition) is 7. The second-order valence-corrected chi connectivity index (χ2v) is 7.21. The summed E-state index contributed by atoms with van der Waals surface area (Å²) in [5.74, 6) is 0.793. The maximum atomic E-state index is 12.3. The van der Waals surface area contributed by atoms with Gasteiger partial charge >= 0.3 is 0 Å². The van der Waals surface area contributed by atoms with E-state index in [0.717, 1.165) is 31.7 Å². The Hall–Kier alpha value is -3.81. The van der Waals surface area contributed by atoms with Crippen LogP contribution in [0.5, 0.6) is 0 Å². The Morgan fingerprint density at radius 3 is 2.30 bits per heavy atom. The second kappa shape index (κ2) is 8.69. The molecule has 1 amide bonds. The van der Waals surface area contributed by atoms with Crippen LogP contribution in [0.15, 0.2) is 60.9 Å². The molecule has 4 N–H and O–H groups in total. The van der Waals surface area contributed by atoms with Gasteiger partial charge in [0.25, 0.3) is 5.91 Å². The van der Waals surface area contributed by atoms with Crippen LogP contribution in [0.4, 0.5) is 23.0 Å². The third kappa shape index (κ3) is 4.27. The Labute approximate surface area is 175 Å². The van der Waals surface area contributed by atoms with Crippen molar-refractivity contribution in [2.75, 3.05) is 47.1 Å². The highest BCUT2D eigenvalue weighted by Crippen LogP contribution is 2.27. The van der Waals surface area contributed by atoms with Crippen molar-refractivity contribution < 1.29 is 4.79 Å². The van der Waals surface area contributed by atoms with Crippen molar-refractivity contribution in [3.8, 4) is 0 Å². The first-order valence-electron chi connectivity index (χ1n) is 9.90. The molecule has 3 aromatic rings. The molecule has 0 radical (unpaired) electrons. The normalized spacial score (nSPS) is 13.8. The lowest BCUT2D eigenvalue weighted by atomic mass is 10.1. The molecule has 8 heteroatoms. The molecule has 1 saturated heterocycles. The average molecular weight is 403 g/mol. The zero-order valence-electron chi connectivity index (χ0n) is 16.9. The van der Waals surface area contributed by atoms with Crippen LogP contribution in [0, 0.1) is 6.92 Å². The molecule has 0 atom stereocenters. The number of hydrogen-bond donors (Lipinski definition) is 3. The number of benzene rings is 2. The molecule has 0 aliphatic carbocycles. The topological polar surface area (TPSA) is 99.4 Å². The molecule has 1 aliphatic heterocycles. The molecule has 2 heterocycles. The summed E-state index contributed by atoms with van der Waals surface area (Å²) >= 11 is 0. The van der Waals surface area contributed by atoms with Crippen molar-refractivity contribution in [2.45, 2.75) is 6.92 Å². The first-order chi connectivity index (χ1) is 14.6. The van der Waals surface area contributed by atoms with Gasteiger partial charge in [-0.3, -0.25) is 15.6 Å². The number of nitrogen functional groups attached to an aromatic ring is 1. The third-order valence-electron chi connectivity index (χ3n) is 5.17. The summed E-state index contributed by atoms with van der Waals surface area (Å²) in [5, 5.41) is 0. The molecule has 1 fully saturated rings. The van der Waals surface area contributed by atoms with E-state index in [2.05, 4.69) is 42.8 Å². The number of nitrogens with two attached hydrogens (primary N) is 1. The van der Waals surface area contributed by atoms with Gasteiger partial charge in [0.05, 0.1) is 0 Å². The number of nitrogens with zero attached hydrogens (tertiary/aromatic N) is 4. The Balaban J connectivity index is 1.39. The number of carbonyl (C=O) groups is 1. The fraction of sp³-hybridized carbons (Fsp3) is 0.227. The van der Waals surface area contributed by atoms with Crippen molar-refractivity contribution in [3.63, 3.8) is 0 Å². The lowest BCUT2D eigenvalue weighted by Gasteiger charge is -2.37. The summed E-state index contributed by atoms with van der Waals surface area (Å²) in [6.07, 6.45) is 1.45. The minimum atomic E-state index is -0.258. The standard InChI is InChI=1S/C22H25N7O/c1-16-7-9-17(10-8-16)22(30)27-26-20-19(23)21(25-15-24-20)29-13-11-28(12-14-29)18-5-3-2-4-6-18/h2-10,15H,11-14,23H2,1H3,(H,27,30)(H,24,25,26). The van der Waals surface area contributed by atoms with Crippen molar-refractivity contribution in [2.24, 2.45) is 0 Å². The summed E-state index contributed by atoms with van der Waals surface area (Å²) in [6, 6.07) is 17.7. The lowest BCUT2D eigenvalue weighted by molar-refractivity contribution is 0.0962. The van der Waals surface area contributed by atoms with E-state index < -0.39 is 0 Å². The van der Waals surface area contributed by atoms with E-state index in [1.165, 1.54) is 12.0 Å². The van der Waals surface area contributed by atoms with Gasteiger partial charge in [-0.25, -0.2) is 9.97 Å². The van der Waals surface area contributed by atoms with Crippen molar-refractivity contribution >= 4 is 28.9 Å². The van der Waals surface area contributed by atoms with Gasteiger partial charge in [-0.1, -0.05) is 35.9 Å². The number of piperazine rings is 1. The summed E-state index contributed by atoms with van der Waals surface area (Å²) < 4.78 is 0. The van der Waals surface area contributed by atoms with E-state index in [4.69, 9.17) is 5.73 Å². The van der Waals surface area contributed by atoms with E-state index in [1.807, 2.05) is 37.3 Å². The number of para-hydroxylation sites is 1. The number of nitrogens with one attached hydrogen (secondary N) is 2. The summed E-state index contributed by atoms with van der Waals surface area (Å²) in [7, 11) is 0. The molecule has 0 spiro atoms. The number of aryl methyl sites for hydroxylation is 1. The van der Waals surface area contributed by atoms with Gasteiger partial charge in [0.2, 0.25) is 0 Å². The third-order valence-corrected chi connectivity index (χ3v) is 5.17. The molecule has 2 aromatic carbocycles. The molecular weight excluding hydrogens is 378 g/mol. The lowest BCUT2D eigenvalue weighted by Crippen LogP contribution is -2.47. The molecule has 8 nitrogen and oxygen atoms in total. The Bertz CT molecular complexity index is 1000. The van der Waals surface area contributed by atoms with Crippen LogP contribution in [0.3, 0.4) is 0 Å². The monoisotopic (exact) mass is 403 g/mol. The number of aromatic nitrogens is 2. The smallest absolute Gasteiger partial charge is 0.269 e. The fourth-order valence-electron chi connectivity index (χ4n) is 3.45.